The van der Waals surface area contributed by atoms with E-state index < -0.39 is 5.60 Å². The molecule has 0 aromatic rings. The molecule has 2 saturated heterocycles. The molecule has 0 aromatic heterocycles. The number of carbonyl (C=O) groups is 1. The number of piperidine rings is 1. The van der Waals surface area contributed by atoms with Gasteiger partial charge in [0, 0.05) is 12.6 Å². The van der Waals surface area contributed by atoms with E-state index in [1.807, 2.05) is 25.7 Å². The van der Waals surface area contributed by atoms with Crippen molar-refractivity contribution in [1.29, 1.82) is 0 Å². The van der Waals surface area contributed by atoms with Crippen molar-refractivity contribution in [2.75, 3.05) is 26.2 Å². The Bertz CT molecular complexity index is 316. The molecule has 116 valence electrons. The minimum absolute atomic E-state index is 0.178. The fourth-order valence-electron chi connectivity index (χ4n) is 2.82. The summed E-state index contributed by atoms with van der Waals surface area (Å²) in [6.07, 6.45) is 4.11. The van der Waals surface area contributed by atoms with Crippen molar-refractivity contribution >= 4 is 6.09 Å². The third-order valence-electron chi connectivity index (χ3n) is 3.80. The van der Waals surface area contributed by atoms with Gasteiger partial charge in [-0.3, -0.25) is 0 Å². The van der Waals surface area contributed by atoms with E-state index in [9.17, 15) is 4.79 Å². The third kappa shape index (κ3) is 4.63. The van der Waals surface area contributed by atoms with E-state index in [1.165, 1.54) is 0 Å². The topological polar surface area (TPSA) is 50.8 Å². The molecule has 0 bridgehead atoms. The number of nitrogens with one attached hydrogen (secondary N) is 1. The van der Waals surface area contributed by atoms with Crippen LogP contribution in [0.1, 0.15) is 46.5 Å². The lowest BCUT2D eigenvalue weighted by Crippen LogP contribution is -2.50. The molecule has 2 fully saturated rings. The lowest BCUT2D eigenvalue weighted by Gasteiger charge is -2.36. The zero-order valence-electron chi connectivity index (χ0n) is 13.0. The number of nitrogens with zero attached hydrogens (tertiary/aromatic N) is 1. The van der Waals surface area contributed by atoms with Crippen LogP contribution in [-0.4, -0.2) is 55.0 Å². The largest absolute Gasteiger partial charge is 0.444 e. The molecule has 2 rings (SSSR count). The number of amides is 1. The molecule has 20 heavy (non-hydrogen) atoms. The second-order valence-electron chi connectivity index (χ2n) is 6.75. The molecule has 2 heterocycles. The van der Waals surface area contributed by atoms with E-state index in [4.69, 9.17) is 9.47 Å². The Hall–Kier alpha value is -0.810. The van der Waals surface area contributed by atoms with Gasteiger partial charge in [0.1, 0.15) is 5.60 Å². The van der Waals surface area contributed by atoms with Crippen molar-refractivity contribution in [3.63, 3.8) is 0 Å². The monoisotopic (exact) mass is 284 g/mol. The summed E-state index contributed by atoms with van der Waals surface area (Å²) in [4.78, 5) is 14.4. The number of ether oxygens (including phenoxy) is 2. The zero-order chi connectivity index (χ0) is 14.6. The van der Waals surface area contributed by atoms with Gasteiger partial charge in [-0.1, -0.05) is 0 Å². The van der Waals surface area contributed by atoms with E-state index in [0.717, 1.165) is 45.4 Å². The summed E-state index contributed by atoms with van der Waals surface area (Å²) < 4.78 is 11.3. The number of hydrogen-bond donors (Lipinski definition) is 1. The molecule has 5 heteroatoms. The van der Waals surface area contributed by atoms with E-state index in [2.05, 4.69) is 5.32 Å². The van der Waals surface area contributed by atoms with Crippen LogP contribution in [0.3, 0.4) is 0 Å². The summed E-state index contributed by atoms with van der Waals surface area (Å²) in [5.41, 5.74) is -0.446. The van der Waals surface area contributed by atoms with E-state index >= 15 is 0 Å². The summed E-state index contributed by atoms with van der Waals surface area (Å²) in [7, 11) is 0. The molecule has 1 atom stereocenters. The van der Waals surface area contributed by atoms with E-state index in [1.54, 1.807) is 0 Å². The lowest BCUT2D eigenvalue weighted by atomic mass is 10.0. The smallest absolute Gasteiger partial charge is 0.410 e. The van der Waals surface area contributed by atoms with Crippen molar-refractivity contribution < 1.29 is 14.3 Å². The summed E-state index contributed by atoms with van der Waals surface area (Å²) in [5, 5.41) is 3.34. The molecule has 0 aliphatic carbocycles. The standard InChI is InChI=1S/C15H28N2O3/c1-15(2,3)20-14(18)17(11-13-5-4-10-19-13)12-6-8-16-9-7-12/h12-13,16H,4-11H2,1-3H3/t13-/m1/s1. The van der Waals surface area contributed by atoms with Crippen LogP contribution in [0.25, 0.3) is 0 Å². The highest BCUT2D eigenvalue weighted by atomic mass is 16.6. The number of carbonyl (C=O) groups excluding carboxylic acids is 1. The van der Waals surface area contributed by atoms with Gasteiger partial charge in [-0.15, -0.1) is 0 Å². The van der Waals surface area contributed by atoms with Gasteiger partial charge in [0.15, 0.2) is 0 Å². The van der Waals surface area contributed by atoms with Gasteiger partial charge in [0.25, 0.3) is 0 Å². The SMILES string of the molecule is CC(C)(C)OC(=O)N(C[C@H]1CCCO1)C1CCNCC1. The van der Waals surface area contributed by atoms with Crippen molar-refractivity contribution in [2.24, 2.45) is 0 Å². The molecule has 5 nitrogen and oxygen atoms in total. The van der Waals surface area contributed by atoms with Crippen molar-refractivity contribution in [1.82, 2.24) is 10.2 Å². The second-order valence-corrected chi connectivity index (χ2v) is 6.75. The lowest BCUT2D eigenvalue weighted by molar-refractivity contribution is -0.00367. The fourth-order valence-corrected chi connectivity index (χ4v) is 2.82. The summed E-state index contributed by atoms with van der Waals surface area (Å²) in [5.74, 6) is 0. The van der Waals surface area contributed by atoms with Gasteiger partial charge in [0.2, 0.25) is 0 Å². The maximum atomic E-state index is 12.5. The Morgan fingerprint density at radius 1 is 1.30 bits per heavy atom. The molecular formula is C15H28N2O3. The van der Waals surface area contributed by atoms with Crippen LogP contribution in [0.4, 0.5) is 4.79 Å². The minimum Gasteiger partial charge on any atom is -0.444 e. The Balaban J connectivity index is 1.99. The van der Waals surface area contributed by atoms with Crippen LogP contribution in [0.15, 0.2) is 0 Å². The minimum atomic E-state index is -0.446. The molecular weight excluding hydrogens is 256 g/mol. The average Bonchev–Trinajstić information content (AvgIpc) is 2.87. The second kappa shape index (κ2) is 6.76. The first-order chi connectivity index (χ1) is 9.46. The highest BCUT2D eigenvalue weighted by Crippen LogP contribution is 2.21. The van der Waals surface area contributed by atoms with Crippen LogP contribution in [0, 0.1) is 0 Å². The van der Waals surface area contributed by atoms with Gasteiger partial charge in [-0.25, -0.2) is 4.79 Å². The maximum absolute atomic E-state index is 12.5. The molecule has 0 unspecified atom stereocenters. The number of rotatable bonds is 3. The van der Waals surface area contributed by atoms with Gasteiger partial charge in [-0.2, -0.15) is 0 Å². The molecule has 0 spiro atoms. The van der Waals surface area contributed by atoms with Gasteiger partial charge >= 0.3 is 6.09 Å². The Labute approximate surface area is 122 Å². The van der Waals surface area contributed by atoms with E-state index in [0.29, 0.717) is 6.54 Å². The Morgan fingerprint density at radius 3 is 2.55 bits per heavy atom. The molecule has 1 N–H and O–H groups in total. The average molecular weight is 284 g/mol. The Kier molecular flexibility index (Phi) is 5.27. The van der Waals surface area contributed by atoms with Crippen LogP contribution in [-0.2, 0) is 9.47 Å². The zero-order valence-corrected chi connectivity index (χ0v) is 13.0. The van der Waals surface area contributed by atoms with Crippen LogP contribution >= 0.6 is 0 Å². The van der Waals surface area contributed by atoms with Crippen molar-refractivity contribution in [3.8, 4) is 0 Å². The van der Waals surface area contributed by atoms with Crippen molar-refractivity contribution in [2.45, 2.75) is 64.2 Å². The van der Waals surface area contributed by atoms with E-state index in [-0.39, 0.29) is 18.2 Å². The maximum Gasteiger partial charge on any atom is 0.410 e. The normalized spacial score (nSPS) is 24.6. The van der Waals surface area contributed by atoms with Gasteiger partial charge in [0.05, 0.1) is 12.6 Å². The molecule has 0 radical (unpaired) electrons. The highest BCUT2D eigenvalue weighted by molar-refractivity contribution is 5.68. The van der Waals surface area contributed by atoms with Crippen LogP contribution in [0.5, 0.6) is 0 Å². The van der Waals surface area contributed by atoms with Crippen LogP contribution in [0.2, 0.25) is 0 Å². The summed E-state index contributed by atoms with van der Waals surface area (Å²) in [6, 6.07) is 0.273. The summed E-state index contributed by atoms with van der Waals surface area (Å²) in [6.45, 7) is 9.16. The van der Waals surface area contributed by atoms with Gasteiger partial charge in [-0.05, 0) is 59.5 Å². The number of hydrogen-bond acceptors (Lipinski definition) is 4. The highest BCUT2D eigenvalue weighted by Gasteiger charge is 2.32. The molecule has 0 aromatic carbocycles. The van der Waals surface area contributed by atoms with Crippen LogP contribution < -0.4 is 5.32 Å². The molecule has 0 saturated carbocycles. The molecule has 2 aliphatic heterocycles. The summed E-state index contributed by atoms with van der Waals surface area (Å²) >= 11 is 0. The quantitative estimate of drug-likeness (QED) is 0.863. The first kappa shape index (κ1) is 15.6. The predicted molar refractivity (Wildman–Crippen MR) is 77.8 cm³/mol. The predicted octanol–water partition coefficient (Wildman–Crippen LogP) is 2.15. The van der Waals surface area contributed by atoms with Crippen molar-refractivity contribution in [3.05, 3.63) is 0 Å². The third-order valence-corrected chi connectivity index (χ3v) is 3.80. The fraction of sp³-hybridized carbons (Fsp3) is 0.933. The van der Waals surface area contributed by atoms with Gasteiger partial charge < -0.3 is 19.7 Å². The molecule has 2 aliphatic rings. The molecule has 1 amide bonds. The first-order valence-corrected chi connectivity index (χ1v) is 7.77. The Morgan fingerprint density at radius 2 is 2.00 bits per heavy atom. The first-order valence-electron chi connectivity index (χ1n) is 7.77.